The summed E-state index contributed by atoms with van der Waals surface area (Å²) in [6, 6.07) is 4.84. The van der Waals surface area contributed by atoms with Gasteiger partial charge in [0.15, 0.2) is 5.51 Å². The third-order valence-electron chi connectivity index (χ3n) is 1.26. The maximum atomic E-state index is 12.8. The lowest BCUT2D eigenvalue weighted by atomic mass is 10.3. The first-order chi connectivity index (χ1) is 4.88. The van der Waals surface area contributed by atoms with Gasteiger partial charge in [-0.3, -0.25) is 0 Å². The van der Waals surface area contributed by atoms with E-state index in [1.165, 1.54) is 17.4 Å². The number of thiazole rings is 1. The number of nitrogens with zero attached hydrogens (tertiary/aromatic N) is 1. The molecule has 0 aliphatic carbocycles. The predicted octanol–water partition coefficient (Wildman–Crippen LogP) is 2.24. The monoisotopic (exact) mass is 152 g/mol. The first-order valence-electron chi connectivity index (χ1n) is 2.79. The lowest BCUT2D eigenvalue weighted by Gasteiger charge is -1.86. The third-order valence-corrected chi connectivity index (χ3v) is 2.05. The van der Waals surface area contributed by atoms with Crippen molar-refractivity contribution in [3.05, 3.63) is 29.5 Å². The molecule has 0 aliphatic heterocycles. The van der Waals surface area contributed by atoms with E-state index in [-0.39, 0.29) is 5.82 Å². The molecule has 49 valence electrons. The molecular weight excluding hydrogens is 149 g/mol. The highest BCUT2D eigenvalue weighted by Crippen LogP contribution is 2.19. The summed E-state index contributed by atoms with van der Waals surface area (Å²) >= 11 is 1.20. The SMILES string of the molecule is Fc1cccc2n[c]sc12. The van der Waals surface area contributed by atoms with Crippen LogP contribution < -0.4 is 0 Å². The normalized spacial score (nSPS) is 10.5. The molecule has 0 spiro atoms. The van der Waals surface area contributed by atoms with Crippen LogP contribution in [-0.2, 0) is 0 Å². The lowest BCUT2D eigenvalue weighted by Crippen LogP contribution is -1.71. The number of aromatic nitrogens is 1. The van der Waals surface area contributed by atoms with Gasteiger partial charge in [-0.1, -0.05) is 6.07 Å². The van der Waals surface area contributed by atoms with Crippen LogP contribution in [0, 0.1) is 11.3 Å². The number of rotatable bonds is 0. The van der Waals surface area contributed by atoms with Gasteiger partial charge < -0.3 is 0 Å². The van der Waals surface area contributed by atoms with Crippen molar-refractivity contribution in [2.24, 2.45) is 0 Å². The second-order valence-electron chi connectivity index (χ2n) is 1.89. The highest BCUT2D eigenvalue weighted by atomic mass is 32.1. The first-order valence-corrected chi connectivity index (χ1v) is 3.60. The Hall–Kier alpha value is -0.960. The molecule has 3 heteroatoms. The van der Waals surface area contributed by atoms with Crippen molar-refractivity contribution in [3.63, 3.8) is 0 Å². The van der Waals surface area contributed by atoms with E-state index in [1.807, 2.05) is 0 Å². The molecule has 0 bridgehead atoms. The minimum absolute atomic E-state index is 0.212. The Labute approximate surface area is 61.1 Å². The van der Waals surface area contributed by atoms with Crippen LogP contribution in [0.1, 0.15) is 0 Å². The fourth-order valence-electron chi connectivity index (χ4n) is 0.804. The van der Waals surface area contributed by atoms with Gasteiger partial charge in [0.1, 0.15) is 5.82 Å². The summed E-state index contributed by atoms with van der Waals surface area (Å²) in [5.41, 5.74) is 3.32. The summed E-state index contributed by atoms with van der Waals surface area (Å²) in [6.07, 6.45) is 0. The van der Waals surface area contributed by atoms with Gasteiger partial charge in [0.25, 0.3) is 0 Å². The molecule has 0 aliphatic rings. The molecule has 1 radical (unpaired) electrons. The van der Waals surface area contributed by atoms with E-state index in [0.717, 1.165) is 0 Å². The Morgan fingerprint density at radius 1 is 1.50 bits per heavy atom. The molecule has 2 rings (SSSR count). The van der Waals surface area contributed by atoms with E-state index < -0.39 is 0 Å². The van der Waals surface area contributed by atoms with Crippen LogP contribution in [0.5, 0.6) is 0 Å². The Balaban J connectivity index is 2.95. The fourth-order valence-corrected chi connectivity index (χ4v) is 1.42. The van der Waals surface area contributed by atoms with E-state index >= 15 is 0 Å². The summed E-state index contributed by atoms with van der Waals surface area (Å²) in [5.74, 6) is -0.212. The van der Waals surface area contributed by atoms with Gasteiger partial charge in [-0.2, -0.15) is 0 Å². The molecular formula is C7H3FNS. The topological polar surface area (TPSA) is 12.9 Å². The summed E-state index contributed by atoms with van der Waals surface area (Å²) in [4.78, 5) is 3.83. The van der Waals surface area contributed by atoms with Crippen LogP contribution in [0.15, 0.2) is 18.2 Å². The minimum atomic E-state index is -0.212. The molecule has 0 amide bonds. The number of fused-ring (bicyclic) bond motifs is 1. The molecule has 0 saturated carbocycles. The molecule has 2 aromatic rings. The van der Waals surface area contributed by atoms with Crippen LogP contribution in [-0.4, -0.2) is 4.98 Å². The highest BCUT2D eigenvalue weighted by molar-refractivity contribution is 7.16. The van der Waals surface area contributed by atoms with E-state index in [9.17, 15) is 4.39 Å². The van der Waals surface area contributed by atoms with E-state index in [4.69, 9.17) is 0 Å². The Morgan fingerprint density at radius 2 is 2.40 bits per heavy atom. The molecule has 1 aromatic carbocycles. The molecule has 10 heavy (non-hydrogen) atoms. The van der Waals surface area contributed by atoms with Crippen molar-refractivity contribution < 1.29 is 4.39 Å². The predicted molar refractivity (Wildman–Crippen MR) is 38.4 cm³/mol. The average molecular weight is 152 g/mol. The Morgan fingerprint density at radius 3 is 3.20 bits per heavy atom. The van der Waals surface area contributed by atoms with Crippen LogP contribution in [0.2, 0.25) is 0 Å². The second-order valence-corrected chi connectivity index (χ2v) is 2.69. The first kappa shape index (κ1) is 5.80. The van der Waals surface area contributed by atoms with Gasteiger partial charge in [-0.05, 0) is 12.1 Å². The number of halogens is 1. The van der Waals surface area contributed by atoms with Crippen LogP contribution in [0.25, 0.3) is 10.2 Å². The summed E-state index contributed by atoms with van der Waals surface area (Å²) in [5, 5.41) is 0. The van der Waals surface area contributed by atoms with Gasteiger partial charge in [0.05, 0.1) is 10.2 Å². The maximum absolute atomic E-state index is 12.8. The van der Waals surface area contributed by atoms with Crippen LogP contribution >= 0.6 is 11.3 Å². The molecule has 0 saturated heterocycles. The molecule has 1 aromatic heterocycles. The molecule has 1 heterocycles. The quantitative estimate of drug-likeness (QED) is 0.564. The zero-order valence-electron chi connectivity index (χ0n) is 4.97. The Kier molecular flexibility index (Phi) is 1.17. The van der Waals surface area contributed by atoms with Crippen molar-refractivity contribution in [1.82, 2.24) is 4.98 Å². The number of hydrogen-bond acceptors (Lipinski definition) is 2. The second kappa shape index (κ2) is 2.02. The summed E-state index contributed by atoms with van der Waals surface area (Å²) in [6.45, 7) is 0. The molecule has 1 nitrogen and oxygen atoms in total. The molecule has 0 atom stereocenters. The zero-order valence-corrected chi connectivity index (χ0v) is 5.78. The fraction of sp³-hybridized carbons (Fsp3) is 0. The molecule has 0 unspecified atom stereocenters. The highest BCUT2D eigenvalue weighted by Gasteiger charge is 2.00. The number of benzene rings is 1. The van der Waals surface area contributed by atoms with Crippen molar-refractivity contribution in [1.29, 1.82) is 0 Å². The van der Waals surface area contributed by atoms with Gasteiger partial charge in [0.2, 0.25) is 0 Å². The largest absolute Gasteiger partial charge is 0.233 e. The van der Waals surface area contributed by atoms with Gasteiger partial charge in [-0.15, -0.1) is 11.3 Å². The molecule has 0 N–H and O–H groups in total. The van der Waals surface area contributed by atoms with Gasteiger partial charge >= 0.3 is 0 Å². The lowest BCUT2D eigenvalue weighted by molar-refractivity contribution is 0.641. The Bertz CT molecular complexity index is 355. The minimum Gasteiger partial charge on any atom is -0.233 e. The third kappa shape index (κ3) is 0.708. The zero-order chi connectivity index (χ0) is 6.97. The van der Waals surface area contributed by atoms with E-state index in [1.54, 1.807) is 12.1 Å². The van der Waals surface area contributed by atoms with E-state index in [0.29, 0.717) is 10.2 Å². The van der Waals surface area contributed by atoms with Crippen LogP contribution in [0.4, 0.5) is 4.39 Å². The van der Waals surface area contributed by atoms with Crippen molar-refractivity contribution in [3.8, 4) is 0 Å². The number of hydrogen-bond donors (Lipinski definition) is 0. The van der Waals surface area contributed by atoms with E-state index in [2.05, 4.69) is 10.5 Å². The van der Waals surface area contributed by atoms with Crippen molar-refractivity contribution >= 4 is 21.6 Å². The van der Waals surface area contributed by atoms with Gasteiger partial charge in [0, 0.05) is 0 Å². The summed E-state index contributed by atoms with van der Waals surface area (Å²) in [7, 11) is 0. The standard InChI is InChI=1S/C7H3FNS/c8-5-2-1-3-6-7(5)10-4-9-6/h1-3H. The maximum Gasteiger partial charge on any atom is 0.153 e. The van der Waals surface area contributed by atoms with Crippen molar-refractivity contribution in [2.45, 2.75) is 0 Å². The molecule has 0 fully saturated rings. The van der Waals surface area contributed by atoms with Gasteiger partial charge in [-0.25, -0.2) is 9.37 Å². The van der Waals surface area contributed by atoms with Crippen LogP contribution in [0.3, 0.4) is 0 Å². The smallest absolute Gasteiger partial charge is 0.153 e. The van der Waals surface area contributed by atoms with Crippen molar-refractivity contribution in [2.75, 3.05) is 0 Å². The average Bonchev–Trinajstić information content (AvgIpc) is 2.36. The summed E-state index contributed by atoms with van der Waals surface area (Å²) < 4.78 is 13.4.